The smallest absolute Gasteiger partial charge is 0.248 e. The lowest BCUT2D eigenvalue weighted by molar-refractivity contribution is -0.122. The number of nitrogens with two attached hydrogens (primary N) is 1. The number of benzene rings is 4. The van der Waals surface area contributed by atoms with Gasteiger partial charge in [0.05, 0.1) is 11.4 Å². The van der Waals surface area contributed by atoms with Gasteiger partial charge in [-0.15, -0.1) is 0 Å². The van der Waals surface area contributed by atoms with E-state index < -0.39 is 6.04 Å². The van der Waals surface area contributed by atoms with Crippen LogP contribution in [-0.4, -0.2) is 17.9 Å². The number of carbonyl (C=O) groups excluding carboxylic acids is 2. The highest BCUT2D eigenvalue weighted by Crippen LogP contribution is 2.25. The van der Waals surface area contributed by atoms with Crippen molar-refractivity contribution in [1.29, 1.82) is 0 Å². The van der Waals surface area contributed by atoms with Gasteiger partial charge in [-0.1, -0.05) is 66.7 Å². The number of hydrogen-bond donors (Lipinski definition) is 4. The second kappa shape index (κ2) is 11.2. The molecule has 5 N–H and O–H groups in total. The molecule has 182 valence electrons. The highest BCUT2D eigenvalue weighted by atomic mass is 16.2. The molecule has 1 atom stereocenters. The van der Waals surface area contributed by atoms with E-state index in [4.69, 9.17) is 5.73 Å². The monoisotopic (exact) mass is 478 g/mol. The second-order valence-electron chi connectivity index (χ2n) is 8.88. The van der Waals surface area contributed by atoms with Gasteiger partial charge in [0.2, 0.25) is 11.8 Å². The average molecular weight is 479 g/mol. The molecule has 0 spiro atoms. The lowest BCUT2D eigenvalue weighted by Crippen LogP contribution is -2.37. The van der Waals surface area contributed by atoms with E-state index in [1.54, 1.807) is 18.2 Å². The molecule has 0 aliphatic heterocycles. The number of para-hydroxylation sites is 2. The van der Waals surface area contributed by atoms with Crippen LogP contribution in [0, 0.1) is 0 Å². The fourth-order valence-electron chi connectivity index (χ4n) is 3.87. The zero-order chi connectivity index (χ0) is 25.5. The zero-order valence-electron chi connectivity index (χ0n) is 20.4. The maximum absolute atomic E-state index is 13.1. The molecule has 0 saturated heterocycles. The Bertz CT molecular complexity index is 1390. The molecular formula is C30H30N4O2. The minimum Gasteiger partial charge on any atom is -0.397 e. The summed E-state index contributed by atoms with van der Waals surface area (Å²) >= 11 is 0. The van der Waals surface area contributed by atoms with Crippen LogP contribution in [0.25, 0.3) is 16.8 Å². The number of nitrogens with one attached hydrogen (secondary N) is 3. The summed E-state index contributed by atoms with van der Waals surface area (Å²) in [6.07, 6.45) is 3.18. The Labute approximate surface area is 211 Å². The van der Waals surface area contributed by atoms with Gasteiger partial charge < -0.3 is 21.7 Å². The third-order valence-corrected chi connectivity index (χ3v) is 5.67. The van der Waals surface area contributed by atoms with Crippen LogP contribution in [0.2, 0.25) is 0 Å². The topological polar surface area (TPSA) is 96.2 Å². The van der Waals surface area contributed by atoms with Crippen molar-refractivity contribution in [2.45, 2.75) is 25.9 Å². The molecule has 4 aromatic carbocycles. The third-order valence-electron chi connectivity index (χ3n) is 5.67. The van der Waals surface area contributed by atoms with E-state index in [1.165, 1.54) is 6.08 Å². The van der Waals surface area contributed by atoms with Gasteiger partial charge in [0.25, 0.3) is 0 Å². The van der Waals surface area contributed by atoms with Crippen LogP contribution in [-0.2, 0) is 9.59 Å². The van der Waals surface area contributed by atoms with Crippen LogP contribution in [0.4, 0.5) is 17.1 Å². The van der Waals surface area contributed by atoms with E-state index in [0.29, 0.717) is 11.4 Å². The Morgan fingerprint density at radius 1 is 0.833 bits per heavy atom. The van der Waals surface area contributed by atoms with Crippen LogP contribution in [0.1, 0.15) is 31.0 Å². The van der Waals surface area contributed by atoms with Crippen molar-refractivity contribution < 1.29 is 9.59 Å². The quantitative estimate of drug-likeness (QED) is 0.191. The lowest BCUT2D eigenvalue weighted by Gasteiger charge is -2.22. The summed E-state index contributed by atoms with van der Waals surface area (Å²) in [6, 6.07) is 28.3. The molecule has 4 aromatic rings. The van der Waals surface area contributed by atoms with Crippen LogP contribution in [0.3, 0.4) is 0 Å². The molecule has 6 nitrogen and oxygen atoms in total. The first-order chi connectivity index (χ1) is 17.4. The highest BCUT2D eigenvalue weighted by Gasteiger charge is 2.21. The van der Waals surface area contributed by atoms with Crippen molar-refractivity contribution in [2.75, 3.05) is 16.4 Å². The molecule has 0 aliphatic rings. The number of carbonyl (C=O) groups is 2. The number of hydrogen-bond acceptors (Lipinski definition) is 4. The van der Waals surface area contributed by atoms with Crippen LogP contribution in [0.5, 0.6) is 0 Å². The molecular weight excluding hydrogens is 448 g/mol. The van der Waals surface area contributed by atoms with Crippen molar-refractivity contribution in [1.82, 2.24) is 5.32 Å². The molecule has 0 bridgehead atoms. The Morgan fingerprint density at radius 2 is 1.53 bits per heavy atom. The van der Waals surface area contributed by atoms with Gasteiger partial charge in [-0.05, 0) is 66.1 Å². The van der Waals surface area contributed by atoms with Crippen molar-refractivity contribution in [3.8, 4) is 0 Å². The first-order valence-electron chi connectivity index (χ1n) is 11.9. The Morgan fingerprint density at radius 3 is 2.25 bits per heavy atom. The average Bonchev–Trinajstić information content (AvgIpc) is 2.87. The Hall–Kier alpha value is -4.58. The van der Waals surface area contributed by atoms with E-state index in [1.807, 2.05) is 86.6 Å². The first-order valence-corrected chi connectivity index (χ1v) is 11.9. The van der Waals surface area contributed by atoms with Gasteiger partial charge in [-0.2, -0.15) is 0 Å². The molecule has 4 rings (SSSR count). The summed E-state index contributed by atoms with van der Waals surface area (Å²) in [4.78, 5) is 25.4. The summed E-state index contributed by atoms with van der Waals surface area (Å²) in [7, 11) is 0. The molecule has 0 radical (unpaired) electrons. The summed E-state index contributed by atoms with van der Waals surface area (Å²) in [6.45, 7) is 3.87. The maximum atomic E-state index is 13.1. The van der Waals surface area contributed by atoms with Crippen molar-refractivity contribution in [3.05, 3.63) is 108 Å². The van der Waals surface area contributed by atoms with E-state index in [2.05, 4.69) is 22.0 Å². The Kier molecular flexibility index (Phi) is 7.66. The normalized spacial score (nSPS) is 12.0. The first kappa shape index (κ1) is 24.5. The van der Waals surface area contributed by atoms with E-state index in [9.17, 15) is 9.59 Å². The molecule has 2 amide bonds. The summed E-state index contributed by atoms with van der Waals surface area (Å²) < 4.78 is 0. The number of rotatable bonds is 8. The van der Waals surface area contributed by atoms with Gasteiger partial charge >= 0.3 is 0 Å². The van der Waals surface area contributed by atoms with Gasteiger partial charge in [0.1, 0.15) is 6.04 Å². The zero-order valence-corrected chi connectivity index (χ0v) is 20.4. The van der Waals surface area contributed by atoms with Crippen molar-refractivity contribution in [2.24, 2.45) is 0 Å². The number of anilines is 3. The predicted molar refractivity (Wildman–Crippen MR) is 149 cm³/mol. The highest BCUT2D eigenvalue weighted by molar-refractivity contribution is 6.03. The fourth-order valence-corrected chi connectivity index (χ4v) is 3.87. The number of nitrogen functional groups attached to an aromatic ring is 1. The minimum atomic E-state index is -0.573. The van der Waals surface area contributed by atoms with Crippen LogP contribution in [0.15, 0.2) is 97.1 Å². The second-order valence-corrected chi connectivity index (χ2v) is 8.88. The van der Waals surface area contributed by atoms with E-state index in [-0.39, 0.29) is 17.9 Å². The summed E-state index contributed by atoms with van der Waals surface area (Å²) in [5, 5.41) is 11.4. The van der Waals surface area contributed by atoms with E-state index >= 15 is 0 Å². The largest absolute Gasteiger partial charge is 0.397 e. The van der Waals surface area contributed by atoms with Crippen molar-refractivity contribution >= 4 is 45.7 Å². The standard InChI is InChI=1S/C30H30N4O2/c1-20(2)32-30(36)29(33-25-17-16-22-7-3-4-8-24(22)19-25)23-14-11-21(12-15-23)13-18-28(35)34-27-10-6-5-9-26(27)31/h3-20,29,33H,31H2,1-2H3,(H,32,36)(H,34,35)/b18-13+. The van der Waals surface area contributed by atoms with Crippen molar-refractivity contribution in [3.63, 3.8) is 0 Å². The SMILES string of the molecule is CC(C)NC(=O)C(Nc1ccc2ccccc2c1)c1ccc(/C=C/C(=O)Nc2ccccc2N)cc1. The number of fused-ring (bicyclic) bond motifs is 1. The number of amides is 2. The third kappa shape index (κ3) is 6.30. The summed E-state index contributed by atoms with van der Waals surface area (Å²) in [5.41, 5.74) is 9.47. The fraction of sp³-hybridized carbons (Fsp3) is 0.133. The van der Waals surface area contributed by atoms with Gasteiger partial charge in [-0.3, -0.25) is 9.59 Å². The van der Waals surface area contributed by atoms with Crippen LogP contribution >= 0.6 is 0 Å². The molecule has 0 aliphatic carbocycles. The maximum Gasteiger partial charge on any atom is 0.248 e. The van der Waals surface area contributed by atoms with E-state index in [0.717, 1.165) is 27.6 Å². The Balaban J connectivity index is 1.50. The molecule has 36 heavy (non-hydrogen) atoms. The van der Waals surface area contributed by atoms with Crippen LogP contribution < -0.4 is 21.7 Å². The molecule has 0 heterocycles. The molecule has 0 aromatic heterocycles. The molecule has 6 heteroatoms. The van der Waals surface area contributed by atoms with Gasteiger partial charge in [0, 0.05) is 17.8 Å². The predicted octanol–water partition coefficient (Wildman–Crippen LogP) is 5.75. The minimum absolute atomic E-state index is 0.0118. The molecule has 0 saturated carbocycles. The van der Waals surface area contributed by atoms with Gasteiger partial charge in [-0.25, -0.2) is 0 Å². The van der Waals surface area contributed by atoms with Gasteiger partial charge in [0.15, 0.2) is 0 Å². The molecule has 1 unspecified atom stereocenters. The molecule has 0 fully saturated rings. The lowest BCUT2D eigenvalue weighted by atomic mass is 10.0. The summed E-state index contributed by atoms with van der Waals surface area (Å²) in [5.74, 6) is -0.384.